The fourth-order valence-electron chi connectivity index (χ4n) is 0.652. The van der Waals surface area contributed by atoms with Crippen LogP contribution in [0.15, 0.2) is 18.2 Å². The summed E-state index contributed by atoms with van der Waals surface area (Å²) in [6.07, 6.45) is 0. The van der Waals surface area contributed by atoms with Crippen LogP contribution in [0.25, 0.3) is 0 Å². The Hall–Kier alpha value is -0.400. The minimum atomic E-state index is 0. The van der Waals surface area contributed by atoms with Crippen LogP contribution < -0.4 is 5.32 Å². The molecule has 0 saturated carbocycles. The van der Waals surface area contributed by atoms with Gasteiger partial charge in [0.2, 0.25) is 0 Å². The van der Waals surface area contributed by atoms with Crippen LogP contribution in [0.5, 0.6) is 0 Å². The maximum absolute atomic E-state index is 5.72. The maximum atomic E-state index is 5.72. The molecule has 0 spiro atoms. The van der Waals surface area contributed by atoms with E-state index in [2.05, 4.69) is 26.1 Å². The van der Waals surface area contributed by atoms with Crippen molar-refractivity contribution in [1.29, 1.82) is 0 Å². The minimum Gasteiger partial charge on any atom is -0.388 e. The Morgan fingerprint density at radius 1 is 1.07 bits per heavy atom. The van der Waals surface area contributed by atoms with Gasteiger partial charge in [-0.25, -0.2) is 0 Å². The number of nitrogens with one attached hydrogen (secondary N) is 1. The van der Waals surface area contributed by atoms with E-state index in [1.165, 1.54) is 0 Å². The first kappa shape index (κ1) is 17.0. The zero-order chi connectivity index (χ0) is 11.1. The molecule has 0 amide bonds. The molecule has 0 bridgehead atoms. The Balaban J connectivity index is 0. The highest BCUT2D eigenvalue weighted by Gasteiger charge is 1.95. The van der Waals surface area contributed by atoms with Gasteiger partial charge >= 0.3 is 0 Å². The van der Waals surface area contributed by atoms with Gasteiger partial charge in [-0.15, -0.1) is 0 Å². The number of halogens is 2. The molecule has 1 aromatic carbocycles. The molecule has 0 aromatic heterocycles. The predicted molar refractivity (Wildman–Crippen MR) is 73.3 cm³/mol. The second kappa shape index (κ2) is 8.87. The van der Waals surface area contributed by atoms with Crippen molar-refractivity contribution in [1.82, 2.24) is 0 Å². The summed E-state index contributed by atoms with van der Waals surface area (Å²) in [7, 11) is 1.83. The average molecular weight is 250 g/mol. The molecule has 0 saturated heterocycles. The molecule has 0 aliphatic heterocycles. The van der Waals surface area contributed by atoms with Crippen molar-refractivity contribution in [3.8, 4) is 0 Å². The molecule has 0 unspecified atom stereocenters. The number of anilines is 1. The fraction of sp³-hybridized carbons (Fsp3) is 0.500. The third-order valence-corrected chi connectivity index (χ3v) is 1.95. The van der Waals surface area contributed by atoms with Crippen LogP contribution in [0.1, 0.15) is 28.2 Å². The van der Waals surface area contributed by atoms with Gasteiger partial charge in [-0.1, -0.05) is 51.4 Å². The van der Waals surface area contributed by atoms with Crippen molar-refractivity contribution in [3.63, 3.8) is 0 Å². The summed E-state index contributed by atoms with van der Waals surface area (Å²) in [5.74, 6) is 0.833. The first-order chi connectivity index (χ1) is 6.47. The first-order valence-corrected chi connectivity index (χ1v) is 5.35. The third-order valence-electron chi connectivity index (χ3n) is 1.21. The van der Waals surface area contributed by atoms with Crippen molar-refractivity contribution >= 4 is 28.9 Å². The van der Waals surface area contributed by atoms with Gasteiger partial charge in [0.25, 0.3) is 0 Å². The van der Waals surface area contributed by atoms with Crippen LogP contribution in [-0.2, 0) is 0 Å². The molecule has 1 rings (SSSR count). The zero-order valence-corrected chi connectivity index (χ0v) is 10.6. The monoisotopic (exact) mass is 249 g/mol. The Morgan fingerprint density at radius 3 is 1.87 bits per heavy atom. The molecule has 15 heavy (non-hydrogen) atoms. The number of rotatable bonds is 1. The van der Waals surface area contributed by atoms with Gasteiger partial charge in [0.15, 0.2) is 0 Å². The zero-order valence-electron chi connectivity index (χ0n) is 9.07. The second-order valence-electron chi connectivity index (χ2n) is 3.61. The van der Waals surface area contributed by atoms with Crippen LogP contribution in [0.4, 0.5) is 5.69 Å². The van der Waals surface area contributed by atoms with Gasteiger partial charge in [0.1, 0.15) is 0 Å². The second-order valence-corrected chi connectivity index (χ2v) is 4.43. The third kappa shape index (κ3) is 8.59. The van der Waals surface area contributed by atoms with E-state index < -0.39 is 0 Å². The molecule has 0 heterocycles. The molecular weight excluding hydrogens is 229 g/mol. The van der Waals surface area contributed by atoms with Crippen LogP contribution in [0, 0.1) is 5.92 Å². The molecule has 1 aromatic rings. The van der Waals surface area contributed by atoms with Gasteiger partial charge in [0, 0.05) is 12.7 Å². The van der Waals surface area contributed by atoms with E-state index in [4.69, 9.17) is 23.2 Å². The summed E-state index contributed by atoms with van der Waals surface area (Å²) in [6.45, 7) is 6.50. The van der Waals surface area contributed by atoms with E-state index in [1.807, 2.05) is 13.1 Å². The molecule has 0 atom stereocenters. The lowest BCUT2D eigenvalue weighted by molar-refractivity contribution is 0.737. The Kier molecular flexibility index (Phi) is 10.1. The summed E-state index contributed by atoms with van der Waals surface area (Å²) >= 11 is 11.4. The van der Waals surface area contributed by atoms with Gasteiger partial charge in [-0.05, 0) is 24.1 Å². The van der Waals surface area contributed by atoms with Crippen LogP contribution in [-0.4, -0.2) is 7.05 Å². The van der Waals surface area contributed by atoms with E-state index in [-0.39, 0.29) is 7.43 Å². The molecule has 0 aliphatic carbocycles. The van der Waals surface area contributed by atoms with Gasteiger partial charge in [-0.3, -0.25) is 0 Å². The molecule has 3 heteroatoms. The van der Waals surface area contributed by atoms with Crippen molar-refractivity contribution < 1.29 is 0 Å². The van der Waals surface area contributed by atoms with Crippen LogP contribution in [0.2, 0.25) is 10.0 Å². The van der Waals surface area contributed by atoms with Crippen molar-refractivity contribution in [3.05, 3.63) is 28.2 Å². The van der Waals surface area contributed by atoms with E-state index >= 15 is 0 Å². The molecule has 1 nitrogen and oxygen atoms in total. The molecule has 0 radical (unpaired) electrons. The quantitative estimate of drug-likeness (QED) is 0.709. The summed E-state index contributed by atoms with van der Waals surface area (Å²) in [5, 5.41) is 4.11. The van der Waals surface area contributed by atoms with E-state index in [0.717, 1.165) is 11.6 Å². The lowest BCUT2D eigenvalue weighted by atomic mass is 10.3. The highest BCUT2D eigenvalue weighted by atomic mass is 35.5. The predicted octanol–water partition coefficient (Wildman–Crippen LogP) is 5.33. The van der Waals surface area contributed by atoms with Gasteiger partial charge in [-0.2, -0.15) is 0 Å². The molecule has 0 aliphatic rings. The normalized spacial score (nSPS) is 8.73. The lowest BCUT2D eigenvalue weighted by Gasteiger charge is -2.00. The average Bonchev–Trinajstić information content (AvgIpc) is 2.09. The topological polar surface area (TPSA) is 12.0 Å². The Morgan fingerprint density at radius 2 is 1.53 bits per heavy atom. The largest absolute Gasteiger partial charge is 0.388 e. The van der Waals surface area contributed by atoms with E-state index in [0.29, 0.717) is 10.0 Å². The minimum absolute atomic E-state index is 0. The van der Waals surface area contributed by atoms with Crippen LogP contribution >= 0.6 is 23.2 Å². The van der Waals surface area contributed by atoms with Gasteiger partial charge < -0.3 is 5.32 Å². The summed E-state index contributed by atoms with van der Waals surface area (Å²) in [4.78, 5) is 0. The lowest BCUT2D eigenvalue weighted by Crippen LogP contribution is -1.86. The standard InChI is InChI=1S/C7H7Cl2N.C4H10.CH4/c1-10-5-2-3-6(8)7(9)4-5;1-4(2)3;/h2-4,10H,1H3;4H,1-3H3;1H4. The van der Waals surface area contributed by atoms with Gasteiger partial charge in [0.05, 0.1) is 10.0 Å². The molecule has 0 fully saturated rings. The maximum Gasteiger partial charge on any atom is 0.0612 e. The first-order valence-electron chi connectivity index (χ1n) is 4.60. The van der Waals surface area contributed by atoms with E-state index in [9.17, 15) is 0 Å². The number of hydrogen-bond donors (Lipinski definition) is 1. The van der Waals surface area contributed by atoms with Crippen molar-refractivity contribution in [2.45, 2.75) is 28.2 Å². The summed E-state index contributed by atoms with van der Waals surface area (Å²) in [5.41, 5.74) is 0.967. The number of benzene rings is 1. The molecule has 1 N–H and O–H groups in total. The van der Waals surface area contributed by atoms with Crippen molar-refractivity contribution in [2.24, 2.45) is 5.92 Å². The Bertz CT molecular complexity index is 270. The van der Waals surface area contributed by atoms with E-state index in [1.54, 1.807) is 12.1 Å². The van der Waals surface area contributed by atoms with Crippen LogP contribution in [0.3, 0.4) is 0 Å². The highest BCUT2D eigenvalue weighted by molar-refractivity contribution is 6.42. The molecular formula is C12H21Cl2N. The summed E-state index contributed by atoms with van der Waals surface area (Å²) in [6, 6.07) is 5.41. The smallest absolute Gasteiger partial charge is 0.0612 e. The molecule has 88 valence electrons. The highest BCUT2D eigenvalue weighted by Crippen LogP contribution is 2.24. The fourth-order valence-corrected chi connectivity index (χ4v) is 0.950. The number of hydrogen-bond acceptors (Lipinski definition) is 1. The Labute approximate surface area is 104 Å². The SMILES string of the molecule is C.CC(C)C.CNc1ccc(Cl)c(Cl)c1. The summed E-state index contributed by atoms with van der Waals surface area (Å²) < 4.78 is 0. The van der Waals surface area contributed by atoms with Crippen molar-refractivity contribution in [2.75, 3.05) is 12.4 Å².